The normalized spacial score (nSPS) is 11.4. The molecule has 0 fully saturated rings. The number of hydrogen-bond acceptors (Lipinski definition) is 8. The van der Waals surface area contributed by atoms with E-state index in [1.807, 2.05) is 178 Å². The van der Waals surface area contributed by atoms with Crippen molar-refractivity contribution in [3.8, 4) is 0 Å². The van der Waals surface area contributed by atoms with Crippen molar-refractivity contribution in [2.75, 3.05) is 79.4 Å². The first kappa shape index (κ1) is 108. The predicted octanol–water partition coefficient (Wildman–Crippen LogP) is 19.9. The number of carbonyl (C=O) groups is 1. The molecule has 0 radical (unpaired) electrons. The summed E-state index contributed by atoms with van der Waals surface area (Å²) in [7, 11) is 5.65. The van der Waals surface area contributed by atoms with E-state index < -0.39 is 20.6 Å². The number of aryl methyl sites for hydroxylation is 2. The largest absolute Gasteiger partial charge is 0.388 e. The van der Waals surface area contributed by atoms with E-state index in [-0.39, 0.29) is 5.78 Å². The molecule has 10 heteroatoms. The van der Waals surface area contributed by atoms with Gasteiger partial charge in [0, 0.05) is 61.9 Å². The highest BCUT2D eigenvalue weighted by atomic mass is 32.2. The van der Waals surface area contributed by atoms with E-state index in [9.17, 15) is 17.4 Å². The number of nitrogens with one attached hydrogen (secondary N) is 2. The van der Waals surface area contributed by atoms with Crippen molar-refractivity contribution in [3.05, 3.63) is 191 Å². The number of benzene rings is 4. The maximum atomic E-state index is 9.63. The third-order valence-corrected chi connectivity index (χ3v) is 8.31. The van der Waals surface area contributed by atoms with Gasteiger partial charge in [-0.05, 0) is 164 Å². The molecule has 0 spiro atoms. The summed E-state index contributed by atoms with van der Waals surface area (Å²) in [6.07, 6.45) is 36.3. The number of carbonyl (C=O) groups excluding carboxylic acids is 1. The van der Waals surface area contributed by atoms with E-state index in [0.29, 0.717) is 11.8 Å². The maximum Gasteiger partial charge on any atom is 0.144 e. The number of rotatable bonds is 1. The van der Waals surface area contributed by atoms with Crippen molar-refractivity contribution in [2.45, 2.75) is 166 Å². The van der Waals surface area contributed by atoms with Crippen LogP contribution in [0.1, 0.15) is 163 Å². The lowest BCUT2D eigenvalue weighted by atomic mass is 9.79. The average molecular weight is 1240 g/mol. The monoisotopic (exact) mass is 1240 g/mol. The highest BCUT2D eigenvalue weighted by Crippen LogP contribution is 2.29. The number of fused-ring (bicyclic) bond motifs is 3. The van der Waals surface area contributed by atoms with Crippen molar-refractivity contribution in [1.82, 2.24) is 10.6 Å². The number of thioether (sulfide) groups is 1. The second-order valence-electron chi connectivity index (χ2n) is 17.7. The Kier molecular flexibility index (Phi) is 122. The lowest BCUT2D eigenvalue weighted by Gasteiger charge is -2.25. The van der Waals surface area contributed by atoms with Gasteiger partial charge in [0.1, 0.15) is 15.6 Å². The number of ether oxygens (including phenoxy) is 1. The van der Waals surface area contributed by atoms with Gasteiger partial charge in [-0.2, -0.15) is 11.8 Å². The SMILES string of the molecule is C/C=C/C.C/C=C\C.CC.CC.CC.CC(C)=O.CC1=c2ccccc2=CC2C=CC=CC12.CC=C(C)C.CC=CC.CCC.CCNC.CNC.COC.CS(C)(=O)=O.CS(C)=O.CSC.Cc1cccc2ccccc12.Cc1ccccc1. The quantitative estimate of drug-likeness (QED) is 0.182. The molecular formula is C75H138N2O5S3. The summed E-state index contributed by atoms with van der Waals surface area (Å²) in [4.78, 5) is 9.44. The molecule has 2 aliphatic rings. The Morgan fingerprint density at radius 2 is 0.906 bits per heavy atom. The maximum absolute atomic E-state index is 9.63. The van der Waals surface area contributed by atoms with Crippen molar-refractivity contribution >= 4 is 60.6 Å². The zero-order valence-electron chi connectivity index (χ0n) is 61.5. The molecule has 0 aliphatic heterocycles. The summed E-state index contributed by atoms with van der Waals surface area (Å²) in [6, 6.07) is 33.8. The van der Waals surface area contributed by atoms with Gasteiger partial charge in [0.05, 0.1) is 0 Å². The number of sulfone groups is 1. The molecule has 85 heavy (non-hydrogen) atoms. The van der Waals surface area contributed by atoms with Crippen LogP contribution in [0.25, 0.3) is 22.4 Å². The zero-order chi connectivity index (χ0) is 69.5. The van der Waals surface area contributed by atoms with E-state index in [4.69, 9.17) is 0 Å². The van der Waals surface area contributed by atoms with Gasteiger partial charge in [0.2, 0.25) is 0 Å². The average Bonchev–Trinajstić information content (AvgIpc) is 3.68. The summed E-state index contributed by atoms with van der Waals surface area (Å²) in [5.41, 5.74) is 5.55. The minimum absolute atomic E-state index is 0.167. The molecule has 4 aromatic rings. The molecule has 0 aromatic heterocycles. The minimum atomic E-state index is -2.67. The van der Waals surface area contributed by atoms with Gasteiger partial charge in [0.15, 0.2) is 0 Å². The van der Waals surface area contributed by atoms with Crippen LogP contribution in [-0.2, 0) is 30.2 Å². The highest BCUT2D eigenvalue weighted by molar-refractivity contribution is 7.97. The summed E-state index contributed by atoms with van der Waals surface area (Å²) >= 11 is 1.75. The van der Waals surface area contributed by atoms with E-state index in [2.05, 4.69) is 186 Å². The van der Waals surface area contributed by atoms with Crippen LogP contribution >= 0.6 is 11.8 Å². The Hall–Kier alpha value is -4.68. The third-order valence-electron chi connectivity index (χ3n) is 8.31. The Balaban J connectivity index is -0.0000000694. The van der Waals surface area contributed by atoms with E-state index >= 15 is 0 Å². The van der Waals surface area contributed by atoms with Gasteiger partial charge >= 0.3 is 0 Å². The van der Waals surface area contributed by atoms with Gasteiger partial charge in [-0.25, -0.2) is 8.42 Å². The number of ketones is 1. The fraction of sp³-hybridized carbons (Fsp3) is 0.507. The van der Waals surface area contributed by atoms with Crippen molar-refractivity contribution in [2.24, 2.45) is 11.8 Å². The van der Waals surface area contributed by atoms with Crippen LogP contribution in [0, 0.1) is 25.7 Å². The van der Waals surface area contributed by atoms with Gasteiger partial charge < -0.3 is 20.2 Å². The zero-order valence-corrected chi connectivity index (χ0v) is 64.0. The lowest BCUT2D eigenvalue weighted by molar-refractivity contribution is -0.115. The molecule has 0 amide bonds. The molecule has 0 heterocycles. The molecule has 7 nitrogen and oxygen atoms in total. The number of methoxy groups -OCH3 is 1. The smallest absolute Gasteiger partial charge is 0.144 e. The molecule has 2 N–H and O–H groups in total. The molecule has 0 saturated heterocycles. The second kappa shape index (κ2) is 95.7. The van der Waals surface area contributed by atoms with E-state index in [0.717, 1.165) is 19.1 Å². The van der Waals surface area contributed by atoms with Crippen molar-refractivity contribution in [3.63, 3.8) is 0 Å². The van der Waals surface area contributed by atoms with Gasteiger partial charge in [0.25, 0.3) is 0 Å². The van der Waals surface area contributed by atoms with Crippen LogP contribution in [0.2, 0.25) is 0 Å². The van der Waals surface area contributed by atoms with Crippen LogP contribution in [0.15, 0.2) is 169 Å². The van der Waals surface area contributed by atoms with Gasteiger partial charge in [-0.1, -0.05) is 255 Å². The van der Waals surface area contributed by atoms with Gasteiger partial charge in [-0.15, -0.1) is 0 Å². The molecule has 0 saturated carbocycles. The van der Waals surface area contributed by atoms with Crippen LogP contribution in [0.5, 0.6) is 0 Å². The summed E-state index contributed by atoms with van der Waals surface area (Å²) < 4.78 is 33.1. The van der Waals surface area contributed by atoms with Crippen molar-refractivity contribution < 1.29 is 22.2 Å². The predicted molar refractivity (Wildman–Crippen MR) is 405 cm³/mol. The first-order chi connectivity index (χ1) is 40.2. The minimum Gasteiger partial charge on any atom is -0.388 e. The molecule has 2 aliphatic carbocycles. The number of hydrogen-bond donors (Lipinski definition) is 2. The van der Waals surface area contributed by atoms with Crippen molar-refractivity contribution in [1.29, 1.82) is 0 Å². The first-order valence-corrected chi connectivity index (χ1v) is 35.9. The summed E-state index contributed by atoms with van der Waals surface area (Å²) in [5.74, 6) is 1.30. The Morgan fingerprint density at radius 1 is 0.612 bits per heavy atom. The molecule has 4 aromatic carbocycles. The van der Waals surface area contributed by atoms with Crippen LogP contribution in [0.3, 0.4) is 0 Å². The summed E-state index contributed by atoms with van der Waals surface area (Å²) in [5, 5.41) is 11.2. The first-order valence-electron chi connectivity index (χ1n) is 30.0. The lowest BCUT2D eigenvalue weighted by Crippen LogP contribution is -2.35. The molecule has 0 bridgehead atoms. The molecule has 2 atom stereocenters. The fourth-order valence-corrected chi connectivity index (χ4v) is 4.53. The number of allylic oxidation sites excluding steroid dienone is 12. The summed E-state index contributed by atoms with van der Waals surface area (Å²) in [6.45, 7) is 47.1. The topological polar surface area (TPSA) is 102 Å². The van der Waals surface area contributed by atoms with E-state index in [1.165, 1.54) is 63.8 Å². The Labute approximate surface area is 538 Å². The van der Waals surface area contributed by atoms with Crippen LogP contribution in [-0.4, -0.2) is 97.9 Å². The van der Waals surface area contributed by atoms with Gasteiger partial charge in [-0.3, -0.25) is 4.21 Å². The highest BCUT2D eigenvalue weighted by Gasteiger charge is 2.21. The number of Topliss-reactive ketones (excluding diaryl/α,β-unsaturated/α-hetero) is 1. The van der Waals surface area contributed by atoms with Crippen LogP contribution < -0.4 is 21.1 Å². The molecule has 496 valence electrons. The molecule has 2 unspecified atom stereocenters. The third kappa shape index (κ3) is 115. The molecule has 6 rings (SSSR count). The Bertz CT molecular complexity index is 2270. The Morgan fingerprint density at radius 3 is 1.20 bits per heavy atom. The standard InChI is InChI=1S/C15H14.C11H10.C7H8.C5H10.3C4H8.C3H9N.C3H6O.C3H8.C2H7N.C2H6O2S.C2H6OS.C2H6O.C2H6S.3C2H6/c1-11-14-8-4-2-6-12(14)10-13-7-3-5-9-15(11)13;1-9-5-4-7-10-6-2-3-8-11(9)10;1-7-5-3-2-4-6-7;1-4-5(2)3;4*1-3-4-2;1-3(2)4;2*1-3-2;1-5(2,3)4;1-4(2)3;2*1-3-2;3*1-2/h2-10,12,14H,1H3;2-8H,1H3;2-6H,1H3;4H,1-3H3;3*3-4H,1-2H3;4H,3H2,1-2H3;1-2H3;3H2,1-2H3;3H,1-2H3;1-2H3;1-2H3;2*1-2H3;3*1-2H3/b;;;;4-3+;4-3-;;;;;;;;;;;;. The van der Waals surface area contributed by atoms with E-state index in [1.54, 1.807) is 38.5 Å². The second-order valence-corrected chi connectivity index (χ2v) is 22.2. The molecular weight excluding hydrogens is 1110 g/mol. The fourth-order valence-electron chi connectivity index (χ4n) is 4.53. The van der Waals surface area contributed by atoms with Crippen LogP contribution in [0.4, 0.5) is 0 Å².